The normalized spacial score (nSPS) is 19.8. The zero-order chi connectivity index (χ0) is 23.8. The third-order valence-corrected chi connectivity index (χ3v) is 7.18. The molecule has 2 atom stereocenters. The van der Waals surface area contributed by atoms with Crippen molar-refractivity contribution in [2.45, 2.75) is 64.3 Å². The predicted molar refractivity (Wildman–Crippen MR) is 117 cm³/mol. The number of ketones is 1. The maximum absolute atomic E-state index is 13.0. The van der Waals surface area contributed by atoms with Gasteiger partial charge in [-0.2, -0.15) is 13.2 Å². The summed E-state index contributed by atoms with van der Waals surface area (Å²) in [6.45, 7) is 9.49. The molecular formula is C24H26F3NO3S. The summed E-state index contributed by atoms with van der Waals surface area (Å²) >= 11 is 1.27. The maximum Gasteiger partial charge on any atom is 0.417 e. The van der Waals surface area contributed by atoms with Gasteiger partial charge in [0, 0.05) is 23.8 Å². The molecule has 1 aromatic heterocycles. The van der Waals surface area contributed by atoms with Crippen LogP contribution in [0.25, 0.3) is 0 Å². The molecule has 1 aliphatic heterocycles. The summed E-state index contributed by atoms with van der Waals surface area (Å²) in [6.07, 6.45) is -4.16. The fourth-order valence-corrected chi connectivity index (χ4v) is 5.03. The number of cyclic esters (lactones) is 1. The van der Waals surface area contributed by atoms with Gasteiger partial charge in [-0.3, -0.25) is 9.59 Å². The smallest absolute Gasteiger partial charge is 0.417 e. The number of thioether (sulfide) groups is 1. The second-order valence-corrected chi connectivity index (χ2v) is 10.00. The number of hydrogen-bond donors (Lipinski definition) is 0. The lowest BCUT2D eigenvalue weighted by atomic mass is 9.78. The van der Waals surface area contributed by atoms with E-state index < -0.39 is 35.1 Å². The van der Waals surface area contributed by atoms with Crippen LogP contribution in [-0.2, 0) is 20.5 Å². The molecule has 4 nitrogen and oxygen atoms in total. The van der Waals surface area contributed by atoms with Gasteiger partial charge in [-0.25, -0.2) is 4.98 Å². The number of halogens is 3. The van der Waals surface area contributed by atoms with E-state index in [2.05, 4.69) is 4.98 Å². The largest absolute Gasteiger partial charge is 0.461 e. The van der Waals surface area contributed by atoms with Crippen LogP contribution < -0.4 is 0 Å². The van der Waals surface area contributed by atoms with Gasteiger partial charge in [-0.05, 0) is 49.6 Å². The number of rotatable bonds is 5. The molecule has 2 aromatic rings. The lowest BCUT2D eigenvalue weighted by Gasteiger charge is -2.38. The Morgan fingerprint density at radius 3 is 2.22 bits per heavy atom. The highest BCUT2D eigenvalue weighted by atomic mass is 32.2. The zero-order valence-electron chi connectivity index (χ0n) is 18.7. The monoisotopic (exact) mass is 465 g/mol. The van der Waals surface area contributed by atoms with Crippen molar-refractivity contribution < 1.29 is 27.5 Å². The Labute approximate surface area is 190 Å². The second-order valence-electron chi connectivity index (χ2n) is 9.00. The quantitative estimate of drug-likeness (QED) is 0.317. The van der Waals surface area contributed by atoms with E-state index in [0.29, 0.717) is 16.3 Å². The van der Waals surface area contributed by atoms with Crippen molar-refractivity contribution in [3.8, 4) is 0 Å². The number of aromatic nitrogens is 1. The summed E-state index contributed by atoms with van der Waals surface area (Å²) in [7, 11) is 0. The Kier molecular flexibility index (Phi) is 6.75. The Morgan fingerprint density at radius 2 is 1.72 bits per heavy atom. The Balaban J connectivity index is 1.70. The fourth-order valence-electron chi connectivity index (χ4n) is 4.03. The first kappa shape index (κ1) is 24.3. The average molecular weight is 466 g/mol. The number of pyridine rings is 1. The maximum atomic E-state index is 13.0. The molecule has 172 valence electrons. The molecule has 1 fully saturated rings. The van der Waals surface area contributed by atoms with Crippen LogP contribution in [0.2, 0.25) is 0 Å². The number of hydrogen-bond acceptors (Lipinski definition) is 5. The van der Waals surface area contributed by atoms with E-state index in [-0.39, 0.29) is 12.2 Å². The van der Waals surface area contributed by atoms with E-state index >= 15 is 0 Å². The van der Waals surface area contributed by atoms with Crippen LogP contribution in [0.3, 0.4) is 0 Å². The highest BCUT2D eigenvalue weighted by Gasteiger charge is 2.45. The van der Waals surface area contributed by atoms with Crippen LogP contribution in [0.1, 0.15) is 54.0 Å². The molecule has 0 aliphatic carbocycles. The first-order valence-corrected chi connectivity index (χ1v) is 11.2. The molecule has 32 heavy (non-hydrogen) atoms. The SMILES string of the molecule is Cc1cc(C)c(C2C(=O)CC(C(C)(C)CSc3ccc(C(F)(F)F)cn3)OC2=O)c(C)c1. The number of nitrogens with zero attached hydrogens (tertiary/aromatic N) is 1. The molecule has 0 radical (unpaired) electrons. The minimum Gasteiger partial charge on any atom is -0.461 e. The summed E-state index contributed by atoms with van der Waals surface area (Å²) in [5, 5.41) is 0.434. The molecule has 0 spiro atoms. The standard InChI is InChI=1S/C24H26F3NO3S/c1-13-8-14(2)20(15(3)9-13)21-17(29)10-18(31-22(21)30)23(4,5)12-32-19-7-6-16(11-28-19)24(25,26)27/h6-9,11,18,21H,10,12H2,1-5H3. The van der Waals surface area contributed by atoms with E-state index in [4.69, 9.17) is 4.74 Å². The van der Waals surface area contributed by atoms with Crippen LogP contribution in [0.5, 0.6) is 0 Å². The molecule has 2 unspecified atom stereocenters. The summed E-state index contributed by atoms with van der Waals surface area (Å²) in [5.41, 5.74) is 2.17. The van der Waals surface area contributed by atoms with Gasteiger partial charge in [-0.1, -0.05) is 31.5 Å². The molecule has 1 aromatic carbocycles. The van der Waals surface area contributed by atoms with Crippen LogP contribution >= 0.6 is 11.8 Å². The van der Waals surface area contributed by atoms with Crippen molar-refractivity contribution in [3.05, 3.63) is 58.3 Å². The molecule has 1 aliphatic rings. The van der Waals surface area contributed by atoms with Crippen molar-refractivity contribution in [2.75, 3.05) is 5.75 Å². The number of benzene rings is 1. The van der Waals surface area contributed by atoms with Gasteiger partial charge < -0.3 is 4.74 Å². The number of esters is 1. The lowest BCUT2D eigenvalue weighted by Crippen LogP contribution is -2.45. The summed E-state index contributed by atoms with van der Waals surface area (Å²) < 4.78 is 43.9. The predicted octanol–water partition coefficient (Wildman–Crippen LogP) is 5.81. The van der Waals surface area contributed by atoms with E-state index in [1.807, 2.05) is 46.8 Å². The number of alkyl halides is 3. The molecule has 3 rings (SSSR count). The van der Waals surface area contributed by atoms with E-state index in [9.17, 15) is 22.8 Å². The van der Waals surface area contributed by atoms with E-state index in [1.54, 1.807) is 0 Å². The number of carbonyl (C=O) groups excluding carboxylic acids is 2. The highest BCUT2D eigenvalue weighted by molar-refractivity contribution is 7.99. The van der Waals surface area contributed by atoms with E-state index in [1.165, 1.54) is 17.8 Å². The first-order valence-electron chi connectivity index (χ1n) is 10.3. The van der Waals surface area contributed by atoms with Crippen molar-refractivity contribution in [1.82, 2.24) is 4.98 Å². The van der Waals surface area contributed by atoms with Crippen molar-refractivity contribution in [2.24, 2.45) is 5.41 Å². The second kappa shape index (κ2) is 8.89. The summed E-state index contributed by atoms with van der Waals surface area (Å²) in [4.78, 5) is 29.8. The van der Waals surface area contributed by atoms with Gasteiger partial charge in [0.1, 0.15) is 12.0 Å². The fraction of sp³-hybridized carbons (Fsp3) is 0.458. The minimum atomic E-state index is -4.43. The molecule has 1 saturated heterocycles. The van der Waals surface area contributed by atoms with Crippen LogP contribution in [0.15, 0.2) is 35.5 Å². The molecule has 0 N–H and O–H groups in total. The van der Waals surface area contributed by atoms with Gasteiger partial charge >= 0.3 is 12.1 Å². The van der Waals surface area contributed by atoms with Gasteiger partial charge in [0.2, 0.25) is 0 Å². The van der Waals surface area contributed by atoms with Crippen LogP contribution in [0, 0.1) is 26.2 Å². The van der Waals surface area contributed by atoms with Crippen molar-refractivity contribution in [3.63, 3.8) is 0 Å². The van der Waals surface area contributed by atoms with Gasteiger partial charge in [0.15, 0.2) is 5.78 Å². The Bertz CT molecular complexity index is 991. The Morgan fingerprint density at radius 1 is 1.09 bits per heavy atom. The zero-order valence-corrected chi connectivity index (χ0v) is 19.5. The molecule has 2 heterocycles. The van der Waals surface area contributed by atoms with Crippen LogP contribution in [-0.4, -0.2) is 28.6 Å². The number of carbonyl (C=O) groups is 2. The van der Waals surface area contributed by atoms with Gasteiger partial charge in [0.05, 0.1) is 10.6 Å². The molecule has 0 bridgehead atoms. The molecular weight excluding hydrogens is 439 g/mol. The first-order chi connectivity index (χ1) is 14.8. The van der Waals surface area contributed by atoms with Crippen LogP contribution in [0.4, 0.5) is 13.2 Å². The summed E-state index contributed by atoms with van der Waals surface area (Å²) in [5.74, 6) is -1.23. The Hall–Kier alpha value is -2.35. The minimum absolute atomic E-state index is 0.0944. The summed E-state index contributed by atoms with van der Waals surface area (Å²) in [6, 6.07) is 6.21. The van der Waals surface area contributed by atoms with Crippen molar-refractivity contribution >= 4 is 23.5 Å². The molecule has 0 saturated carbocycles. The number of ether oxygens (including phenoxy) is 1. The average Bonchev–Trinajstić information content (AvgIpc) is 2.67. The number of aryl methyl sites for hydroxylation is 3. The molecule has 8 heteroatoms. The van der Waals surface area contributed by atoms with Crippen molar-refractivity contribution in [1.29, 1.82) is 0 Å². The van der Waals surface area contributed by atoms with E-state index in [0.717, 1.165) is 29.0 Å². The highest BCUT2D eigenvalue weighted by Crippen LogP contribution is 2.39. The lowest BCUT2D eigenvalue weighted by molar-refractivity contribution is -0.166. The molecule has 0 amide bonds. The third-order valence-electron chi connectivity index (χ3n) is 5.76. The van der Waals surface area contributed by atoms with Gasteiger partial charge in [0.25, 0.3) is 0 Å². The third kappa shape index (κ3) is 5.17. The topological polar surface area (TPSA) is 56.3 Å². The number of Topliss-reactive ketones (excluding diaryl/α,β-unsaturated/α-hetero) is 1. The van der Waals surface area contributed by atoms with Gasteiger partial charge in [-0.15, -0.1) is 11.8 Å².